The summed E-state index contributed by atoms with van der Waals surface area (Å²) in [5.41, 5.74) is 2.89. The van der Waals surface area contributed by atoms with Crippen molar-refractivity contribution in [3.05, 3.63) is 34.9 Å². The Labute approximate surface area is 106 Å². The largest absolute Gasteiger partial charge is 0.480 e. The quantitative estimate of drug-likeness (QED) is 0.827. The van der Waals surface area contributed by atoms with Crippen molar-refractivity contribution >= 4 is 11.8 Å². The molecule has 18 heavy (non-hydrogen) atoms. The Hall–Kier alpha value is -1.68. The summed E-state index contributed by atoms with van der Waals surface area (Å²) in [5.74, 6) is -0.737. The second-order valence-corrected chi connectivity index (χ2v) is 4.71. The fraction of sp³-hybridized carbons (Fsp3) is 0.429. The van der Waals surface area contributed by atoms with Crippen LogP contribution in [0.2, 0.25) is 0 Å². The maximum absolute atomic E-state index is 11.3. The van der Waals surface area contributed by atoms with E-state index in [1.54, 1.807) is 6.92 Å². The first-order chi connectivity index (χ1) is 8.52. The van der Waals surface area contributed by atoms with Crippen LogP contribution in [0.4, 0.5) is 0 Å². The van der Waals surface area contributed by atoms with Crippen molar-refractivity contribution in [1.29, 1.82) is 0 Å². The van der Waals surface area contributed by atoms with E-state index in [2.05, 4.69) is 0 Å². The summed E-state index contributed by atoms with van der Waals surface area (Å²) in [6, 6.07) is 5.18. The Bertz CT molecular complexity index is 496. The third kappa shape index (κ3) is 2.29. The van der Waals surface area contributed by atoms with E-state index in [9.17, 15) is 9.59 Å². The van der Waals surface area contributed by atoms with E-state index in [0.717, 1.165) is 11.1 Å². The number of hydrogen-bond acceptors (Lipinski definition) is 3. The number of carboxylic acid groups (broad SMARTS) is 1. The number of benzene rings is 1. The minimum Gasteiger partial charge on any atom is -0.480 e. The molecule has 1 aliphatic rings. The molecule has 0 aromatic heterocycles. The van der Waals surface area contributed by atoms with E-state index in [1.165, 1.54) is 0 Å². The van der Waals surface area contributed by atoms with Gasteiger partial charge in [-0.2, -0.15) is 0 Å². The van der Waals surface area contributed by atoms with Crippen LogP contribution in [-0.2, 0) is 17.9 Å². The lowest BCUT2D eigenvalue weighted by molar-refractivity contribution is -0.143. The van der Waals surface area contributed by atoms with Crippen molar-refractivity contribution in [2.24, 2.45) is 0 Å². The minimum absolute atomic E-state index is 0.0431. The number of hydrogen-bond donors (Lipinski definition) is 1. The third-order valence-corrected chi connectivity index (χ3v) is 3.47. The molecule has 96 valence electrons. The smallest absolute Gasteiger partial charge is 0.320 e. The molecule has 0 aliphatic carbocycles. The number of Topliss-reactive ketones (excluding diaryl/α,β-unsaturated/α-hetero) is 1. The van der Waals surface area contributed by atoms with Gasteiger partial charge in [-0.25, -0.2) is 0 Å². The molecule has 4 nitrogen and oxygen atoms in total. The summed E-state index contributed by atoms with van der Waals surface area (Å²) in [7, 11) is 0. The molecule has 0 amide bonds. The van der Waals surface area contributed by atoms with Gasteiger partial charge in [-0.05, 0) is 30.5 Å². The zero-order valence-corrected chi connectivity index (χ0v) is 10.6. The van der Waals surface area contributed by atoms with Crippen LogP contribution in [0.15, 0.2) is 18.2 Å². The predicted octanol–water partition coefficient (Wildman–Crippen LogP) is 2.07. The maximum atomic E-state index is 11.3. The van der Waals surface area contributed by atoms with E-state index in [-0.39, 0.29) is 5.78 Å². The summed E-state index contributed by atoms with van der Waals surface area (Å²) in [6.07, 6.45) is 0.586. The van der Waals surface area contributed by atoms with Crippen LogP contribution in [0.3, 0.4) is 0 Å². The van der Waals surface area contributed by atoms with E-state index in [0.29, 0.717) is 25.1 Å². The monoisotopic (exact) mass is 247 g/mol. The molecular weight excluding hydrogens is 230 g/mol. The minimum atomic E-state index is -0.780. The van der Waals surface area contributed by atoms with Gasteiger partial charge in [0.1, 0.15) is 6.04 Å². The van der Waals surface area contributed by atoms with Gasteiger partial charge in [0.15, 0.2) is 5.78 Å². The number of fused-ring (bicyclic) bond motifs is 1. The van der Waals surface area contributed by atoms with Crippen LogP contribution < -0.4 is 0 Å². The molecule has 2 rings (SSSR count). The van der Waals surface area contributed by atoms with Crippen LogP contribution in [0.1, 0.15) is 41.8 Å². The first kappa shape index (κ1) is 12.8. The second kappa shape index (κ2) is 4.90. The SMILES string of the molecule is CCC(C(=O)O)N1Cc2ccc(C(C)=O)cc2C1. The van der Waals surface area contributed by atoms with Gasteiger partial charge in [0, 0.05) is 18.7 Å². The van der Waals surface area contributed by atoms with Crippen molar-refractivity contribution in [3.63, 3.8) is 0 Å². The van der Waals surface area contributed by atoms with Crippen molar-refractivity contribution in [2.45, 2.75) is 39.4 Å². The summed E-state index contributed by atoms with van der Waals surface area (Å²) in [5, 5.41) is 9.16. The van der Waals surface area contributed by atoms with E-state index < -0.39 is 12.0 Å². The first-order valence-electron chi connectivity index (χ1n) is 6.12. The van der Waals surface area contributed by atoms with Crippen molar-refractivity contribution in [2.75, 3.05) is 0 Å². The van der Waals surface area contributed by atoms with Crippen molar-refractivity contribution in [3.8, 4) is 0 Å². The number of nitrogens with zero attached hydrogens (tertiary/aromatic N) is 1. The standard InChI is InChI=1S/C14H17NO3/c1-3-13(14(17)18)15-7-11-5-4-10(9(2)16)6-12(11)8-15/h4-6,13H,3,7-8H2,1-2H3,(H,17,18). The van der Waals surface area contributed by atoms with Gasteiger partial charge in [0.05, 0.1) is 0 Å². The Morgan fingerprint density at radius 2 is 2.00 bits per heavy atom. The number of ketones is 1. The molecule has 1 N–H and O–H groups in total. The molecule has 4 heteroatoms. The normalized spacial score (nSPS) is 16.3. The molecule has 1 unspecified atom stereocenters. The fourth-order valence-corrected chi connectivity index (χ4v) is 2.45. The molecule has 0 fully saturated rings. The van der Waals surface area contributed by atoms with Crippen LogP contribution in [0.5, 0.6) is 0 Å². The second-order valence-electron chi connectivity index (χ2n) is 4.71. The van der Waals surface area contributed by atoms with Gasteiger partial charge in [0.2, 0.25) is 0 Å². The average molecular weight is 247 g/mol. The summed E-state index contributed by atoms with van der Waals surface area (Å²) >= 11 is 0. The highest BCUT2D eigenvalue weighted by Gasteiger charge is 2.29. The van der Waals surface area contributed by atoms with E-state index >= 15 is 0 Å². The number of aliphatic carboxylic acids is 1. The first-order valence-corrected chi connectivity index (χ1v) is 6.12. The maximum Gasteiger partial charge on any atom is 0.320 e. The van der Waals surface area contributed by atoms with Gasteiger partial charge < -0.3 is 5.11 Å². The average Bonchev–Trinajstić information content (AvgIpc) is 2.71. The van der Waals surface area contributed by atoms with Crippen LogP contribution >= 0.6 is 0 Å². The van der Waals surface area contributed by atoms with Gasteiger partial charge in [-0.3, -0.25) is 14.5 Å². The van der Waals surface area contributed by atoms with Crippen molar-refractivity contribution < 1.29 is 14.7 Å². The number of rotatable bonds is 4. The molecule has 0 radical (unpaired) electrons. The molecule has 0 saturated carbocycles. The molecule has 0 saturated heterocycles. The third-order valence-electron chi connectivity index (χ3n) is 3.47. The Morgan fingerprint density at radius 1 is 1.33 bits per heavy atom. The molecule has 1 heterocycles. The number of carbonyl (C=O) groups is 2. The zero-order valence-electron chi connectivity index (χ0n) is 10.6. The van der Waals surface area contributed by atoms with Crippen LogP contribution in [-0.4, -0.2) is 27.8 Å². The highest BCUT2D eigenvalue weighted by atomic mass is 16.4. The number of carboxylic acids is 1. The van der Waals surface area contributed by atoms with Gasteiger partial charge in [0.25, 0.3) is 0 Å². The lowest BCUT2D eigenvalue weighted by Gasteiger charge is -2.22. The Kier molecular flexibility index (Phi) is 3.48. The van der Waals surface area contributed by atoms with Gasteiger partial charge in [-0.15, -0.1) is 0 Å². The number of carbonyl (C=O) groups excluding carboxylic acids is 1. The highest BCUT2D eigenvalue weighted by molar-refractivity contribution is 5.94. The molecule has 0 bridgehead atoms. The predicted molar refractivity (Wildman–Crippen MR) is 67.4 cm³/mol. The molecule has 1 atom stereocenters. The van der Waals surface area contributed by atoms with Crippen LogP contribution in [0.25, 0.3) is 0 Å². The lowest BCUT2D eigenvalue weighted by atomic mass is 10.0. The molecular formula is C14H17NO3. The Balaban J connectivity index is 2.22. The molecule has 1 aliphatic heterocycles. The Morgan fingerprint density at radius 3 is 2.56 bits per heavy atom. The van der Waals surface area contributed by atoms with E-state index in [1.807, 2.05) is 30.0 Å². The molecule has 1 aromatic rings. The van der Waals surface area contributed by atoms with Crippen LogP contribution in [0, 0.1) is 0 Å². The van der Waals surface area contributed by atoms with Gasteiger partial charge in [-0.1, -0.05) is 19.1 Å². The summed E-state index contributed by atoms with van der Waals surface area (Å²) in [4.78, 5) is 24.4. The fourth-order valence-electron chi connectivity index (χ4n) is 2.45. The topological polar surface area (TPSA) is 57.6 Å². The molecule has 1 aromatic carbocycles. The van der Waals surface area contributed by atoms with Crippen molar-refractivity contribution in [1.82, 2.24) is 4.90 Å². The van der Waals surface area contributed by atoms with Gasteiger partial charge >= 0.3 is 5.97 Å². The van der Waals surface area contributed by atoms with E-state index in [4.69, 9.17) is 5.11 Å². The highest BCUT2D eigenvalue weighted by Crippen LogP contribution is 2.26. The zero-order chi connectivity index (χ0) is 13.3. The summed E-state index contributed by atoms with van der Waals surface area (Å²) in [6.45, 7) is 4.68. The summed E-state index contributed by atoms with van der Waals surface area (Å²) < 4.78 is 0. The lowest BCUT2D eigenvalue weighted by Crippen LogP contribution is -2.36. The molecule has 0 spiro atoms.